The maximum absolute atomic E-state index is 14.2. The smallest absolute Gasteiger partial charge is 0.341 e. The van der Waals surface area contributed by atoms with Crippen LogP contribution in [0.25, 0.3) is 0 Å². The molecular formula is C13H16F3NO6S2. The Bertz CT molecular complexity index is 756. The summed E-state index contributed by atoms with van der Waals surface area (Å²) in [5.74, 6) is -5.62. The molecule has 0 spiro atoms. The molecule has 0 aliphatic heterocycles. The molecule has 0 bridgehead atoms. The minimum atomic E-state index is -3.58. The summed E-state index contributed by atoms with van der Waals surface area (Å²) in [6.45, 7) is -1.22. The highest BCUT2D eigenvalue weighted by Crippen LogP contribution is 2.26. The van der Waals surface area contributed by atoms with Gasteiger partial charge in [-0.15, -0.1) is 0 Å². The van der Waals surface area contributed by atoms with E-state index in [0.29, 0.717) is 10.4 Å². The van der Waals surface area contributed by atoms with E-state index in [1.807, 2.05) is 0 Å². The molecule has 0 heterocycles. The summed E-state index contributed by atoms with van der Waals surface area (Å²) in [5.41, 5.74) is -1.94. The molecule has 142 valence electrons. The minimum absolute atomic E-state index is 0.174. The first-order valence-electron chi connectivity index (χ1n) is 6.97. The molecule has 12 heteroatoms. The number of nitrogens with zero attached hydrogens (tertiary/aromatic N) is 1. The second-order valence-corrected chi connectivity index (χ2v) is 8.15. The Balaban J connectivity index is 2.98. The molecule has 0 aromatic heterocycles. The van der Waals surface area contributed by atoms with Gasteiger partial charge < -0.3 is 5.11 Å². The Hall–Kier alpha value is -1.66. The predicted octanol–water partition coefficient (Wildman–Crippen LogP) is 1.77. The molecule has 1 unspecified atom stereocenters. The van der Waals surface area contributed by atoms with Crippen LogP contribution < -0.4 is 4.31 Å². The van der Waals surface area contributed by atoms with Gasteiger partial charge in [-0.05, 0) is 25.0 Å². The van der Waals surface area contributed by atoms with Crippen LogP contribution in [-0.4, -0.2) is 53.0 Å². The molecule has 0 radical (unpaired) electrons. The lowest BCUT2D eigenvalue weighted by atomic mass is 10.1. The number of carboxylic acids is 1. The van der Waals surface area contributed by atoms with Crippen molar-refractivity contribution >= 4 is 32.8 Å². The summed E-state index contributed by atoms with van der Waals surface area (Å²) in [7, 11) is -3.58. The number of hydrogen-bond acceptors (Lipinski definition) is 4. The first kappa shape index (κ1) is 21.4. The fourth-order valence-corrected chi connectivity index (χ4v) is 3.93. The molecule has 1 atom stereocenters. The molecule has 7 nitrogen and oxygen atoms in total. The van der Waals surface area contributed by atoms with Crippen molar-refractivity contribution in [3.05, 3.63) is 29.3 Å². The van der Waals surface area contributed by atoms with E-state index in [0.717, 1.165) is 6.07 Å². The highest BCUT2D eigenvalue weighted by Gasteiger charge is 2.25. The van der Waals surface area contributed by atoms with E-state index in [2.05, 4.69) is 0 Å². The zero-order chi connectivity index (χ0) is 19.2. The van der Waals surface area contributed by atoms with Crippen LogP contribution in [0.4, 0.5) is 18.9 Å². The monoisotopic (exact) mass is 403 g/mol. The second-order valence-electron chi connectivity index (χ2n) is 4.94. The number of hydrogen-bond donors (Lipinski definition) is 2. The topological polar surface area (TPSA) is 112 Å². The zero-order valence-electron chi connectivity index (χ0n) is 12.8. The van der Waals surface area contributed by atoms with Gasteiger partial charge in [0.2, 0.25) is 0 Å². The predicted molar refractivity (Wildman–Crippen MR) is 85.3 cm³/mol. The van der Waals surface area contributed by atoms with Gasteiger partial charge in [0.15, 0.2) is 5.82 Å². The van der Waals surface area contributed by atoms with E-state index < -0.39 is 68.9 Å². The number of aromatic carboxylic acids is 1. The van der Waals surface area contributed by atoms with E-state index in [-0.39, 0.29) is 18.6 Å². The number of halogens is 3. The van der Waals surface area contributed by atoms with Gasteiger partial charge in [-0.2, -0.15) is 0 Å². The quantitative estimate of drug-likeness (QED) is 0.576. The number of alkyl halides is 1. The zero-order valence-corrected chi connectivity index (χ0v) is 14.5. The van der Waals surface area contributed by atoms with Crippen molar-refractivity contribution in [2.45, 2.75) is 12.8 Å². The largest absolute Gasteiger partial charge is 0.477 e. The van der Waals surface area contributed by atoms with Gasteiger partial charge in [-0.1, -0.05) is 0 Å². The van der Waals surface area contributed by atoms with Crippen molar-refractivity contribution in [1.29, 1.82) is 0 Å². The third kappa shape index (κ3) is 5.97. The molecular weight excluding hydrogens is 387 g/mol. The van der Waals surface area contributed by atoms with Crippen LogP contribution in [-0.2, 0) is 21.1 Å². The number of anilines is 1. The van der Waals surface area contributed by atoms with Gasteiger partial charge in [-0.25, -0.2) is 26.2 Å². The summed E-state index contributed by atoms with van der Waals surface area (Å²) in [4.78, 5) is 10.9. The molecule has 1 aromatic rings. The summed E-state index contributed by atoms with van der Waals surface area (Å²) in [6, 6.07) is 1.41. The highest BCUT2D eigenvalue weighted by molar-refractivity contribution is 7.91. The standard InChI is InChI=1S/C13H16F3NO6S2/c14-5-1-7-25(22,23)8-2-6-17(24(20)21)10-4-3-9(15)11(12(10)16)13(18)19/h3-4H,1-2,5-8H2,(H,18,19)(H,20,21). The summed E-state index contributed by atoms with van der Waals surface area (Å²) in [5, 5.41) is 8.81. The van der Waals surface area contributed by atoms with Crippen LogP contribution in [0.5, 0.6) is 0 Å². The molecule has 1 rings (SSSR count). The molecule has 0 amide bonds. The average Bonchev–Trinajstić information content (AvgIpc) is 2.50. The third-order valence-electron chi connectivity index (χ3n) is 3.15. The maximum atomic E-state index is 14.2. The van der Waals surface area contributed by atoms with Crippen molar-refractivity contribution in [2.24, 2.45) is 0 Å². The van der Waals surface area contributed by atoms with Crippen LogP contribution in [0.1, 0.15) is 23.2 Å². The molecule has 0 saturated carbocycles. The van der Waals surface area contributed by atoms with Gasteiger partial charge in [0.05, 0.1) is 23.9 Å². The van der Waals surface area contributed by atoms with Gasteiger partial charge in [0.1, 0.15) is 21.2 Å². The third-order valence-corrected chi connectivity index (χ3v) is 5.73. The van der Waals surface area contributed by atoms with Gasteiger partial charge >= 0.3 is 5.97 Å². The van der Waals surface area contributed by atoms with Gasteiger partial charge in [-0.3, -0.25) is 13.2 Å². The first-order valence-corrected chi connectivity index (χ1v) is 9.85. The van der Waals surface area contributed by atoms with Crippen molar-refractivity contribution in [1.82, 2.24) is 0 Å². The van der Waals surface area contributed by atoms with Crippen molar-refractivity contribution in [3.8, 4) is 0 Å². The Morgan fingerprint density at radius 1 is 1.20 bits per heavy atom. The minimum Gasteiger partial charge on any atom is -0.477 e. The van der Waals surface area contributed by atoms with Crippen molar-refractivity contribution in [2.75, 3.05) is 29.0 Å². The van der Waals surface area contributed by atoms with E-state index in [1.54, 1.807) is 0 Å². The Morgan fingerprint density at radius 3 is 2.32 bits per heavy atom. The second kappa shape index (κ2) is 9.15. The first-order chi connectivity index (χ1) is 11.6. The molecule has 0 saturated heterocycles. The fourth-order valence-electron chi connectivity index (χ4n) is 2.02. The van der Waals surface area contributed by atoms with Crippen LogP contribution in [0, 0.1) is 11.6 Å². The van der Waals surface area contributed by atoms with E-state index >= 15 is 0 Å². The van der Waals surface area contributed by atoms with Gasteiger partial charge in [0.25, 0.3) is 11.3 Å². The van der Waals surface area contributed by atoms with Crippen LogP contribution in [0.3, 0.4) is 0 Å². The highest BCUT2D eigenvalue weighted by atomic mass is 32.2. The summed E-state index contributed by atoms with van der Waals surface area (Å²) < 4.78 is 83.9. The molecule has 0 fully saturated rings. The van der Waals surface area contributed by atoms with Crippen LogP contribution in [0.15, 0.2) is 12.1 Å². The molecule has 25 heavy (non-hydrogen) atoms. The summed E-state index contributed by atoms with van der Waals surface area (Å²) >= 11 is -2.80. The molecule has 2 N–H and O–H groups in total. The number of sulfone groups is 1. The van der Waals surface area contributed by atoms with Crippen LogP contribution in [0.2, 0.25) is 0 Å². The average molecular weight is 403 g/mol. The molecule has 0 aliphatic carbocycles. The van der Waals surface area contributed by atoms with Gasteiger partial charge in [0, 0.05) is 6.54 Å². The molecule has 1 aromatic carbocycles. The number of carbonyl (C=O) groups is 1. The maximum Gasteiger partial charge on any atom is 0.341 e. The Kier molecular flexibility index (Phi) is 7.83. The van der Waals surface area contributed by atoms with E-state index in [9.17, 15) is 35.1 Å². The Morgan fingerprint density at radius 2 is 1.80 bits per heavy atom. The Labute approximate surface area is 144 Å². The van der Waals surface area contributed by atoms with Crippen molar-refractivity contribution in [3.63, 3.8) is 0 Å². The number of carboxylic acid groups (broad SMARTS) is 1. The number of rotatable bonds is 10. The normalized spacial score (nSPS) is 12.8. The lowest BCUT2D eigenvalue weighted by Crippen LogP contribution is -2.29. The van der Waals surface area contributed by atoms with Crippen molar-refractivity contribution < 1.29 is 40.3 Å². The molecule has 0 aliphatic rings. The van der Waals surface area contributed by atoms with Crippen LogP contribution >= 0.6 is 0 Å². The lowest BCUT2D eigenvalue weighted by Gasteiger charge is -2.21. The fraction of sp³-hybridized carbons (Fsp3) is 0.462. The van der Waals surface area contributed by atoms with E-state index in [1.165, 1.54) is 0 Å². The number of benzene rings is 1. The SMILES string of the molecule is O=C(O)c1c(F)ccc(N(CCCS(=O)(=O)CCCF)S(=O)O)c1F. The summed E-state index contributed by atoms with van der Waals surface area (Å²) in [6.07, 6.45) is -0.368. The van der Waals surface area contributed by atoms with E-state index in [4.69, 9.17) is 5.11 Å². The lowest BCUT2D eigenvalue weighted by molar-refractivity contribution is 0.0686.